The molecule has 0 heterocycles. The maximum Gasteiger partial charge on any atom is 0.329 e. The molecule has 2 aromatic rings. The number of primary amides is 1. The number of nitrogens with two attached hydrogens (primary N) is 1. The Labute approximate surface area is 171 Å². The van der Waals surface area contributed by atoms with Gasteiger partial charge in [-0.2, -0.15) is 5.10 Å². The van der Waals surface area contributed by atoms with Crippen LogP contribution in [0.2, 0.25) is 5.02 Å². The molecule has 0 atom stereocenters. The first kappa shape index (κ1) is 21.7. The van der Waals surface area contributed by atoms with E-state index in [-0.39, 0.29) is 6.61 Å². The fourth-order valence-corrected chi connectivity index (χ4v) is 2.35. The lowest BCUT2D eigenvalue weighted by Crippen LogP contribution is -2.32. The molecule has 0 aliphatic heterocycles. The van der Waals surface area contributed by atoms with Crippen molar-refractivity contribution in [1.29, 1.82) is 0 Å². The minimum absolute atomic E-state index is 0.291. The number of carbonyl (C=O) groups excluding carboxylic acids is 3. The number of halogens is 1. The molecule has 2 rings (SSSR count). The molecule has 0 spiro atoms. The molecule has 0 unspecified atom stereocenters. The van der Waals surface area contributed by atoms with E-state index in [2.05, 4.69) is 15.8 Å². The van der Waals surface area contributed by atoms with E-state index in [0.717, 1.165) is 0 Å². The van der Waals surface area contributed by atoms with E-state index in [9.17, 15) is 14.4 Å². The number of nitrogens with one attached hydrogen (secondary N) is 2. The highest BCUT2D eigenvalue weighted by molar-refractivity contribution is 6.40. The van der Waals surface area contributed by atoms with Crippen molar-refractivity contribution in [2.45, 2.75) is 6.92 Å². The van der Waals surface area contributed by atoms with Crippen LogP contribution >= 0.6 is 11.6 Å². The number of methoxy groups -OCH3 is 1. The molecule has 0 fully saturated rings. The van der Waals surface area contributed by atoms with Crippen LogP contribution in [-0.4, -0.2) is 37.7 Å². The van der Waals surface area contributed by atoms with Crippen molar-refractivity contribution in [1.82, 2.24) is 5.43 Å². The summed E-state index contributed by atoms with van der Waals surface area (Å²) in [5.41, 5.74) is 8.80. The molecular formula is C19H19ClN4O5. The quantitative estimate of drug-likeness (QED) is 0.357. The van der Waals surface area contributed by atoms with Crippen molar-refractivity contribution < 1.29 is 23.9 Å². The lowest BCUT2D eigenvalue weighted by molar-refractivity contribution is -0.136. The lowest BCUT2D eigenvalue weighted by Gasteiger charge is -2.10. The number of amides is 3. The second kappa shape index (κ2) is 10.1. The number of rotatable bonds is 7. The first-order valence-electron chi connectivity index (χ1n) is 8.30. The van der Waals surface area contributed by atoms with Crippen molar-refractivity contribution in [2.24, 2.45) is 10.8 Å². The second-order valence-electron chi connectivity index (χ2n) is 5.73. The Morgan fingerprint density at radius 3 is 2.62 bits per heavy atom. The van der Waals surface area contributed by atoms with E-state index >= 15 is 0 Å². The van der Waals surface area contributed by atoms with Crippen molar-refractivity contribution in [3.63, 3.8) is 0 Å². The summed E-state index contributed by atoms with van der Waals surface area (Å²) < 4.78 is 10.4. The van der Waals surface area contributed by atoms with Crippen molar-refractivity contribution >= 4 is 41.2 Å². The third kappa shape index (κ3) is 6.22. The lowest BCUT2D eigenvalue weighted by atomic mass is 10.2. The van der Waals surface area contributed by atoms with Gasteiger partial charge in [-0.3, -0.25) is 14.4 Å². The predicted molar refractivity (Wildman–Crippen MR) is 108 cm³/mol. The van der Waals surface area contributed by atoms with Crippen LogP contribution in [-0.2, 0) is 14.4 Å². The monoisotopic (exact) mass is 418 g/mol. The van der Waals surface area contributed by atoms with Crippen LogP contribution in [0.25, 0.3) is 0 Å². The van der Waals surface area contributed by atoms with Gasteiger partial charge < -0.3 is 20.5 Å². The van der Waals surface area contributed by atoms with Gasteiger partial charge in [-0.1, -0.05) is 17.7 Å². The molecule has 0 bridgehead atoms. The van der Waals surface area contributed by atoms with Crippen LogP contribution in [0.4, 0.5) is 5.69 Å². The molecule has 0 aliphatic carbocycles. The minimum atomic E-state index is -0.950. The van der Waals surface area contributed by atoms with Gasteiger partial charge in [0.2, 0.25) is 0 Å². The van der Waals surface area contributed by atoms with Crippen molar-refractivity contribution in [2.75, 3.05) is 19.0 Å². The summed E-state index contributed by atoms with van der Waals surface area (Å²) in [6.07, 6.45) is 1.32. The Kier molecular flexibility index (Phi) is 7.55. The normalized spacial score (nSPS) is 10.4. The van der Waals surface area contributed by atoms with E-state index in [0.29, 0.717) is 33.3 Å². The van der Waals surface area contributed by atoms with E-state index in [1.54, 1.807) is 43.3 Å². The summed E-state index contributed by atoms with van der Waals surface area (Å²) in [5, 5.41) is 6.68. The first-order valence-corrected chi connectivity index (χ1v) is 8.68. The summed E-state index contributed by atoms with van der Waals surface area (Å²) in [5.74, 6) is -1.79. The Morgan fingerprint density at radius 2 is 1.93 bits per heavy atom. The number of hydrogen-bond acceptors (Lipinski definition) is 6. The highest BCUT2D eigenvalue weighted by Crippen LogP contribution is 2.27. The molecular weight excluding hydrogens is 400 g/mol. The molecule has 2 aromatic carbocycles. The smallest absolute Gasteiger partial charge is 0.329 e. The maximum atomic E-state index is 12.0. The number of carbonyl (C=O) groups is 3. The minimum Gasteiger partial charge on any atom is -0.493 e. The predicted octanol–water partition coefficient (Wildman–Crippen LogP) is 1.61. The third-order valence-corrected chi connectivity index (χ3v) is 4.07. The average molecular weight is 419 g/mol. The molecule has 0 radical (unpaired) electrons. The Hall–Kier alpha value is -3.59. The van der Waals surface area contributed by atoms with E-state index in [1.165, 1.54) is 13.3 Å². The molecule has 0 aromatic heterocycles. The van der Waals surface area contributed by atoms with Gasteiger partial charge in [-0.15, -0.1) is 0 Å². The van der Waals surface area contributed by atoms with Gasteiger partial charge in [0.1, 0.15) is 0 Å². The van der Waals surface area contributed by atoms with Gasteiger partial charge in [0.25, 0.3) is 5.91 Å². The van der Waals surface area contributed by atoms with Crippen LogP contribution in [0.1, 0.15) is 11.1 Å². The fraction of sp³-hybridized carbons (Fsp3) is 0.158. The summed E-state index contributed by atoms with van der Waals surface area (Å²) in [7, 11) is 1.43. The highest BCUT2D eigenvalue weighted by Gasteiger charge is 2.14. The molecule has 9 nitrogen and oxygen atoms in total. The Bertz CT molecular complexity index is 962. The number of nitrogens with zero attached hydrogens (tertiary/aromatic N) is 1. The van der Waals surface area contributed by atoms with Crippen LogP contribution in [0.5, 0.6) is 11.5 Å². The Morgan fingerprint density at radius 1 is 1.17 bits per heavy atom. The first-order chi connectivity index (χ1) is 13.8. The zero-order valence-corrected chi connectivity index (χ0v) is 16.4. The molecule has 10 heteroatoms. The SMILES string of the molecule is COc1cc(/C=N/NC(=O)C(=O)Nc2cccc(Cl)c2C)ccc1OCC(N)=O. The highest BCUT2D eigenvalue weighted by atomic mass is 35.5. The largest absolute Gasteiger partial charge is 0.493 e. The molecule has 0 saturated carbocycles. The van der Waals surface area contributed by atoms with Crippen LogP contribution in [0, 0.1) is 6.92 Å². The zero-order valence-electron chi connectivity index (χ0n) is 15.7. The number of hydrazone groups is 1. The molecule has 3 amide bonds. The second-order valence-corrected chi connectivity index (χ2v) is 6.14. The van der Waals surface area contributed by atoms with Crippen LogP contribution in [0.15, 0.2) is 41.5 Å². The third-order valence-electron chi connectivity index (χ3n) is 3.66. The Balaban J connectivity index is 1.97. The van der Waals surface area contributed by atoms with Gasteiger partial charge in [0.05, 0.1) is 13.3 Å². The van der Waals surface area contributed by atoms with E-state index < -0.39 is 17.7 Å². The summed E-state index contributed by atoms with van der Waals surface area (Å²) >= 11 is 5.98. The molecule has 0 aliphatic rings. The van der Waals surface area contributed by atoms with Crippen molar-refractivity contribution in [3.8, 4) is 11.5 Å². The number of benzene rings is 2. The number of anilines is 1. The van der Waals surface area contributed by atoms with Gasteiger partial charge in [-0.25, -0.2) is 5.43 Å². The van der Waals surface area contributed by atoms with E-state index in [4.69, 9.17) is 26.8 Å². The van der Waals surface area contributed by atoms with E-state index in [1.807, 2.05) is 0 Å². The fourth-order valence-electron chi connectivity index (χ4n) is 2.17. The average Bonchev–Trinajstić information content (AvgIpc) is 2.69. The zero-order chi connectivity index (χ0) is 21.4. The molecule has 29 heavy (non-hydrogen) atoms. The van der Waals surface area contributed by atoms with Gasteiger partial charge in [0.15, 0.2) is 18.1 Å². The topological polar surface area (TPSA) is 132 Å². The molecule has 0 saturated heterocycles. The number of hydrogen-bond donors (Lipinski definition) is 3. The van der Waals surface area contributed by atoms with Crippen LogP contribution in [0.3, 0.4) is 0 Å². The number of ether oxygens (including phenoxy) is 2. The maximum absolute atomic E-state index is 12.0. The van der Waals surface area contributed by atoms with Crippen molar-refractivity contribution in [3.05, 3.63) is 52.5 Å². The molecule has 4 N–H and O–H groups in total. The standard InChI is InChI=1S/C19H19ClN4O5/c1-11-13(20)4-3-5-14(11)23-18(26)19(27)24-22-9-12-6-7-15(16(8-12)28-2)29-10-17(21)25/h3-9H,10H2,1-2H3,(H2,21,25)(H,23,26)(H,24,27)/b22-9+. The van der Waals surface area contributed by atoms with Crippen LogP contribution < -0.4 is 25.9 Å². The summed E-state index contributed by atoms with van der Waals surface area (Å²) in [6, 6.07) is 9.70. The van der Waals surface area contributed by atoms with Gasteiger partial charge >= 0.3 is 11.8 Å². The van der Waals surface area contributed by atoms with Gasteiger partial charge in [-0.05, 0) is 48.4 Å². The van der Waals surface area contributed by atoms with Gasteiger partial charge in [0, 0.05) is 10.7 Å². The molecule has 152 valence electrons. The summed E-state index contributed by atoms with van der Waals surface area (Å²) in [6.45, 7) is 1.43. The summed E-state index contributed by atoms with van der Waals surface area (Å²) in [4.78, 5) is 34.7.